The number of pyridine rings is 1. The molecule has 0 spiro atoms. The van der Waals surface area contributed by atoms with Gasteiger partial charge >= 0.3 is 6.03 Å². The summed E-state index contributed by atoms with van der Waals surface area (Å²) in [6.45, 7) is 2.83. The Morgan fingerprint density at radius 1 is 1.12 bits per heavy atom. The highest BCUT2D eigenvalue weighted by Crippen LogP contribution is 2.19. The second kappa shape index (κ2) is 8.13. The van der Waals surface area contributed by atoms with Crippen molar-refractivity contribution in [2.24, 2.45) is 0 Å². The Labute approximate surface area is 147 Å². The van der Waals surface area contributed by atoms with Gasteiger partial charge in [0.1, 0.15) is 12.0 Å². The van der Waals surface area contributed by atoms with Gasteiger partial charge in [-0.3, -0.25) is 10.1 Å². The maximum atomic E-state index is 12.5. The summed E-state index contributed by atoms with van der Waals surface area (Å²) in [5, 5.41) is 13.9. The summed E-state index contributed by atoms with van der Waals surface area (Å²) in [4.78, 5) is 30.9. The maximum Gasteiger partial charge on any atom is 0.317 e. The van der Waals surface area contributed by atoms with Crippen LogP contribution in [-0.4, -0.2) is 53.1 Å². The Kier molecular flexibility index (Phi) is 5.67. The van der Waals surface area contributed by atoms with Crippen LogP contribution < -0.4 is 10.2 Å². The van der Waals surface area contributed by atoms with Gasteiger partial charge in [0.25, 0.3) is 5.69 Å². The lowest BCUT2D eigenvalue weighted by Crippen LogP contribution is -2.46. The van der Waals surface area contributed by atoms with Gasteiger partial charge in [0, 0.05) is 38.3 Å². The topological polar surface area (TPSA) is 91.6 Å². The molecule has 3 rings (SSSR count). The van der Waals surface area contributed by atoms with E-state index in [1.165, 1.54) is 31.5 Å². The Morgan fingerprint density at radius 3 is 2.60 bits per heavy atom. The van der Waals surface area contributed by atoms with Gasteiger partial charge in [-0.25, -0.2) is 9.78 Å². The zero-order valence-corrected chi connectivity index (χ0v) is 14.4. The molecule has 1 aromatic rings. The van der Waals surface area contributed by atoms with E-state index in [1.807, 2.05) is 4.90 Å². The summed E-state index contributed by atoms with van der Waals surface area (Å²) in [5.41, 5.74) is -0.00735. The van der Waals surface area contributed by atoms with Crippen molar-refractivity contribution in [3.63, 3.8) is 0 Å². The van der Waals surface area contributed by atoms with Gasteiger partial charge in [0.15, 0.2) is 0 Å². The number of amides is 2. The number of nitro groups is 1. The Balaban J connectivity index is 1.54. The molecule has 1 saturated carbocycles. The van der Waals surface area contributed by atoms with E-state index in [1.54, 1.807) is 6.07 Å². The first-order valence-electron chi connectivity index (χ1n) is 9.04. The minimum Gasteiger partial charge on any atom is -0.355 e. The molecule has 2 fully saturated rings. The third-order valence-electron chi connectivity index (χ3n) is 4.98. The average molecular weight is 347 g/mol. The highest BCUT2D eigenvalue weighted by Gasteiger charge is 2.23. The Hall–Kier alpha value is -2.38. The molecule has 1 aliphatic carbocycles. The molecule has 0 aromatic carbocycles. The van der Waals surface area contributed by atoms with Gasteiger partial charge in [-0.05, 0) is 25.3 Å². The minimum atomic E-state index is -0.448. The molecule has 0 radical (unpaired) electrons. The molecule has 1 aromatic heterocycles. The molecule has 1 N–H and O–H groups in total. The number of nitrogens with one attached hydrogen (secondary N) is 1. The molecule has 0 unspecified atom stereocenters. The molecule has 25 heavy (non-hydrogen) atoms. The van der Waals surface area contributed by atoms with Crippen molar-refractivity contribution in [1.29, 1.82) is 0 Å². The van der Waals surface area contributed by atoms with E-state index in [0.717, 1.165) is 38.2 Å². The molecular weight excluding hydrogens is 322 g/mol. The summed E-state index contributed by atoms with van der Waals surface area (Å²) >= 11 is 0. The van der Waals surface area contributed by atoms with E-state index >= 15 is 0 Å². The van der Waals surface area contributed by atoms with Crippen LogP contribution in [0, 0.1) is 10.1 Å². The van der Waals surface area contributed by atoms with Crippen molar-refractivity contribution in [2.75, 3.05) is 31.1 Å². The van der Waals surface area contributed by atoms with Crippen molar-refractivity contribution in [1.82, 2.24) is 15.2 Å². The van der Waals surface area contributed by atoms with Crippen LogP contribution in [0.2, 0.25) is 0 Å². The van der Waals surface area contributed by atoms with E-state index in [4.69, 9.17) is 0 Å². The molecule has 2 amide bonds. The number of hydrogen-bond acceptors (Lipinski definition) is 5. The molecule has 136 valence electrons. The molecule has 2 aliphatic rings. The highest BCUT2D eigenvalue weighted by molar-refractivity contribution is 5.74. The van der Waals surface area contributed by atoms with Crippen LogP contribution in [0.3, 0.4) is 0 Å². The van der Waals surface area contributed by atoms with Gasteiger partial charge in [-0.2, -0.15) is 0 Å². The smallest absolute Gasteiger partial charge is 0.317 e. The fourth-order valence-electron chi connectivity index (χ4n) is 3.54. The fraction of sp³-hybridized carbons (Fsp3) is 0.647. The predicted molar refractivity (Wildman–Crippen MR) is 94.7 cm³/mol. The number of anilines is 1. The molecule has 1 aliphatic heterocycles. The molecular formula is C17H25N5O3. The summed E-state index contributed by atoms with van der Waals surface area (Å²) in [6, 6.07) is 3.50. The maximum absolute atomic E-state index is 12.5. The number of carbonyl (C=O) groups excluding carboxylic acids is 1. The standard InChI is InChI=1S/C17H25N5O3/c23-17(19-14-5-2-1-3-6-14)21-10-4-9-20(11-12-21)16-8-7-15(13-18-16)22(24)25/h7-8,13-14H,1-6,9-12H2,(H,19,23). The van der Waals surface area contributed by atoms with Gasteiger partial charge < -0.3 is 15.1 Å². The fourth-order valence-corrected chi connectivity index (χ4v) is 3.54. The SMILES string of the molecule is O=C(NC1CCCCC1)N1CCCN(c2ccc([N+](=O)[O-])cn2)CC1. The van der Waals surface area contributed by atoms with Crippen LogP contribution in [0.1, 0.15) is 38.5 Å². The first kappa shape index (κ1) is 17.4. The second-order valence-electron chi connectivity index (χ2n) is 6.74. The summed E-state index contributed by atoms with van der Waals surface area (Å²) in [6.07, 6.45) is 7.98. The van der Waals surface area contributed by atoms with Crippen molar-refractivity contribution in [3.05, 3.63) is 28.4 Å². The third kappa shape index (κ3) is 4.58. The number of carbonyl (C=O) groups is 1. The Morgan fingerprint density at radius 2 is 1.92 bits per heavy atom. The molecule has 8 heteroatoms. The van der Waals surface area contributed by atoms with Crippen molar-refractivity contribution in [3.8, 4) is 0 Å². The summed E-state index contributed by atoms with van der Waals surface area (Å²) < 4.78 is 0. The zero-order chi connectivity index (χ0) is 17.6. The summed E-state index contributed by atoms with van der Waals surface area (Å²) in [5.74, 6) is 0.722. The van der Waals surface area contributed by atoms with Gasteiger partial charge in [-0.15, -0.1) is 0 Å². The van der Waals surface area contributed by atoms with Gasteiger partial charge in [-0.1, -0.05) is 19.3 Å². The lowest BCUT2D eigenvalue weighted by molar-refractivity contribution is -0.385. The molecule has 1 saturated heterocycles. The lowest BCUT2D eigenvalue weighted by atomic mass is 9.96. The molecule has 0 atom stereocenters. The Bertz CT molecular complexity index is 601. The van der Waals surface area contributed by atoms with Gasteiger partial charge in [0.05, 0.1) is 4.92 Å². The minimum absolute atomic E-state index is 0.00735. The number of aromatic nitrogens is 1. The molecule has 2 heterocycles. The number of nitrogens with zero attached hydrogens (tertiary/aromatic N) is 4. The average Bonchev–Trinajstić information content (AvgIpc) is 2.89. The molecule has 8 nitrogen and oxygen atoms in total. The quantitative estimate of drug-likeness (QED) is 0.670. The highest BCUT2D eigenvalue weighted by atomic mass is 16.6. The number of hydrogen-bond donors (Lipinski definition) is 1. The van der Waals surface area contributed by atoms with E-state index in [-0.39, 0.29) is 11.7 Å². The van der Waals surface area contributed by atoms with Crippen molar-refractivity contribution >= 4 is 17.5 Å². The van der Waals surface area contributed by atoms with E-state index in [2.05, 4.69) is 15.2 Å². The third-order valence-corrected chi connectivity index (χ3v) is 4.98. The number of urea groups is 1. The van der Waals surface area contributed by atoms with E-state index in [0.29, 0.717) is 19.1 Å². The van der Waals surface area contributed by atoms with Crippen LogP contribution >= 0.6 is 0 Å². The van der Waals surface area contributed by atoms with Crippen molar-refractivity contribution in [2.45, 2.75) is 44.6 Å². The second-order valence-corrected chi connectivity index (χ2v) is 6.74. The largest absolute Gasteiger partial charge is 0.355 e. The molecule has 0 bridgehead atoms. The van der Waals surface area contributed by atoms with Crippen LogP contribution in [0.15, 0.2) is 18.3 Å². The monoisotopic (exact) mass is 347 g/mol. The van der Waals surface area contributed by atoms with Crippen LogP contribution in [0.5, 0.6) is 0 Å². The van der Waals surface area contributed by atoms with E-state index in [9.17, 15) is 14.9 Å². The predicted octanol–water partition coefficient (Wildman–Crippen LogP) is 2.54. The first-order chi connectivity index (χ1) is 12.1. The normalized spacial score (nSPS) is 19.4. The van der Waals surface area contributed by atoms with Crippen LogP contribution in [-0.2, 0) is 0 Å². The van der Waals surface area contributed by atoms with Crippen molar-refractivity contribution < 1.29 is 9.72 Å². The van der Waals surface area contributed by atoms with Crippen LogP contribution in [0.25, 0.3) is 0 Å². The first-order valence-corrected chi connectivity index (χ1v) is 9.04. The van der Waals surface area contributed by atoms with Gasteiger partial charge in [0.2, 0.25) is 0 Å². The summed E-state index contributed by atoms with van der Waals surface area (Å²) in [7, 11) is 0. The number of rotatable bonds is 3. The lowest BCUT2D eigenvalue weighted by Gasteiger charge is -2.27. The van der Waals surface area contributed by atoms with Crippen LogP contribution in [0.4, 0.5) is 16.3 Å². The zero-order valence-electron chi connectivity index (χ0n) is 14.4. The van der Waals surface area contributed by atoms with E-state index < -0.39 is 4.92 Å².